The molecule has 0 aliphatic carbocycles. The molecule has 10 nitrogen and oxygen atoms in total. The molecule has 3 rings (SSSR count). The molecular weight excluding hydrogens is 442 g/mol. The van der Waals surface area contributed by atoms with E-state index in [1.807, 2.05) is 18.2 Å². The lowest BCUT2D eigenvalue weighted by molar-refractivity contribution is -0.384. The first kappa shape index (κ1) is 24.2. The standard InChI is InChI=1S/C24H23N3O7/c1-32-13-12-25-21-11-10-17(14-22(21)27(30)31)24(29)33-16-23(28)26-18-6-5-9-20(15-18)34-19-7-3-2-4-8-19/h2-11,14-15,25H,12-13,16H2,1H3,(H,26,28). The summed E-state index contributed by atoms with van der Waals surface area (Å²) in [4.78, 5) is 35.3. The van der Waals surface area contributed by atoms with E-state index in [-0.39, 0.29) is 16.9 Å². The van der Waals surface area contributed by atoms with Gasteiger partial charge in [0.05, 0.1) is 17.1 Å². The van der Waals surface area contributed by atoms with Gasteiger partial charge >= 0.3 is 5.97 Å². The second-order valence-corrected chi connectivity index (χ2v) is 6.98. The van der Waals surface area contributed by atoms with Gasteiger partial charge in [0.1, 0.15) is 17.2 Å². The van der Waals surface area contributed by atoms with Gasteiger partial charge in [-0.15, -0.1) is 0 Å². The van der Waals surface area contributed by atoms with Crippen LogP contribution in [-0.4, -0.2) is 43.7 Å². The number of methoxy groups -OCH3 is 1. The minimum atomic E-state index is -0.858. The SMILES string of the molecule is COCCNc1ccc(C(=O)OCC(=O)Nc2cccc(Oc3ccccc3)c2)cc1[N+](=O)[O-]. The van der Waals surface area contributed by atoms with Crippen LogP contribution in [0.4, 0.5) is 17.1 Å². The van der Waals surface area contributed by atoms with Crippen molar-refractivity contribution >= 4 is 28.9 Å². The minimum Gasteiger partial charge on any atom is -0.457 e. The van der Waals surface area contributed by atoms with Crippen LogP contribution in [0.1, 0.15) is 10.4 Å². The fourth-order valence-corrected chi connectivity index (χ4v) is 2.92. The van der Waals surface area contributed by atoms with E-state index < -0.39 is 23.4 Å². The number of rotatable bonds is 11. The summed E-state index contributed by atoms with van der Waals surface area (Å²) in [5.41, 5.74) is 0.367. The molecule has 34 heavy (non-hydrogen) atoms. The van der Waals surface area contributed by atoms with Crippen LogP contribution >= 0.6 is 0 Å². The Kier molecular flexibility index (Phi) is 8.53. The molecule has 3 aromatic rings. The maximum absolute atomic E-state index is 12.3. The summed E-state index contributed by atoms with van der Waals surface area (Å²) in [7, 11) is 1.51. The number of para-hydroxylation sites is 1. The minimum absolute atomic E-state index is 0.0463. The zero-order valence-corrected chi connectivity index (χ0v) is 18.4. The van der Waals surface area contributed by atoms with Crippen LogP contribution in [0.3, 0.4) is 0 Å². The van der Waals surface area contributed by atoms with Crippen LogP contribution in [0.5, 0.6) is 11.5 Å². The largest absolute Gasteiger partial charge is 0.457 e. The normalized spacial score (nSPS) is 10.3. The molecule has 0 unspecified atom stereocenters. The van der Waals surface area contributed by atoms with Gasteiger partial charge in [0.25, 0.3) is 11.6 Å². The smallest absolute Gasteiger partial charge is 0.338 e. The van der Waals surface area contributed by atoms with E-state index in [0.717, 1.165) is 6.07 Å². The van der Waals surface area contributed by atoms with Gasteiger partial charge < -0.3 is 24.8 Å². The molecule has 2 N–H and O–H groups in total. The Labute approximate surface area is 195 Å². The maximum Gasteiger partial charge on any atom is 0.338 e. The Morgan fingerprint density at radius 1 is 0.971 bits per heavy atom. The molecule has 0 aliphatic rings. The molecule has 0 fully saturated rings. The van der Waals surface area contributed by atoms with Crippen molar-refractivity contribution in [1.82, 2.24) is 0 Å². The average molecular weight is 465 g/mol. The van der Waals surface area contributed by atoms with Gasteiger partial charge in [-0.05, 0) is 36.4 Å². The Morgan fingerprint density at radius 3 is 2.47 bits per heavy atom. The van der Waals surface area contributed by atoms with Crippen molar-refractivity contribution < 1.29 is 28.7 Å². The number of nitrogens with one attached hydrogen (secondary N) is 2. The van der Waals surface area contributed by atoms with Crippen LogP contribution in [0.15, 0.2) is 72.8 Å². The van der Waals surface area contributed by atoms with E-state index in [2.05, 4.69) is 10.6 Å². The number of nitrogens with zero attached hydrogens (tertiary/aromatic N) is 1. The molecule has 176 valence electrons. The number of nitro groups is 1. The predicted molar refractivity (Wildman–Crippen MR) is 125 cm³/mol. The summed E-state index contributed by atoms with van der Waals surface area (Å²) < 4.78 is 15.6. The molecule has 0 atom stereocenters. The first-order valence-electron chi connectivity index (χ1n) is 10.3. The summed E-state index contributed by atoms with van der Waals surface area (Å²) in [6.45, 7) is 0.153. The monoisotopic (exact) mass is 465 g/mol. The zero-order valence-electron chi connectivity index (χ0n) is 18.4. The summed E-state index contributed by atoms with van der Waals surface area (Å²) in [6, 6.07) is 19.8. The number of benzene rings is 3. The molecule has 0 saturated carbocycles. The number of anilines is 2. The molecule has 0 aromatic heterocycles. The topological polar surface area (TPSA) is 129 Å². The zero-order chi connectivity index (χ0) is 24.3. The molecule has 0 heterocycles. The molecule has 3 aromatic carbocycles. The van der Waals surface area contributed by atoms with Crippen LogP contribution in [-0.2, 0) is 14.3 Å². The third kappa shape index (κ3) is 7.04. The maximum atomic E-state index is 12.3. The van der Waals surface area contributed by atoms with E-state index in [4.69, 9.17) is 14.2 Å². The third-order valence-electron chi connectivity index (χ3n) is 4.48. The van der Waals surface area contributed by atoms with Crippen LogP contribution in [0.2, 0.25) is 0 Å². The molecule has 1 amide bonds. The van der Waals surface area contributed by atoms with Crippen LogP contribution in [0.25, 0.3) is 0 Å². The molecule has 0 spiro atoms. The Balaban J connectivity index is 1.56. The van der Waals surface area contributed by atoms with Gasteiger partial charge in [0.15, 0.2) is 6.61 Å². The van der Waals surface area contributed by atoms with Crippen LogP contribution in [0, 0.1) is 10.1 Å². The van der Waals surface area contributed by atoms with E-state index in [1.54, 1.807) is 36.4 Å². The highest BCUT2D eigenvalue weighted by Crippen LogP contribution is 2.26. The molecule has 0 bridgehead atoms. The summed E-state index contributed by atoms with van der Waals surface area (Å²) in [6.07, 6.45) is 0. The summed E-state index contributed by atoms with van der Waals surface area (Å²) in [5, 5.41) is 16.8. The number of hydrogen-bond acceptors (Lipinski definition) is 8. The number of carbonyl (C=O) groups is 2. The molecule has 0 aliphatic heterocycles. The van der Waals surface area contributed by atoms with Gasteiger partial charge in [0, 0.05) is 31.5 Å². The second-order valence-electron chi connectivity index (χ2n) is 6.98. The fourth-order valence-electron chi connectivity index (χ4n) is 2.92. The molecule has 0 saturated heterocycles. The molecular formula is C24H23N3O7. The van der Waals surface area contributed by atoms with Crippen LogP contribution < -0.4 is 15.4 Å². The van der Waals surface area contributed by atoms with E-state index in [1.165, 1.54) is 19.2 Å². The lowest BCUT2D eigenvalue weighted by Gasteiger charge is -2.10. The van der Waals surface area contributed by atoms with Crippen molar-refractivity contribution in [1.29, 1.82) is 0 Å². The lowest BCUT2D eigenvalue weighted by Crippen LogP contribution is -2.21. The highest BCUT2D eigenvalue weighted by Gasteiger charge is 2.19. The Bertz CT molecular complexity index is 1150. The number of esters is 1. The number of hydrogen-bond donors (Lipinski definition) is 2. The average Bonchev–Trinajstić information content (AvgIpc) is 2.83. The first-order chi connectivity index (χ1) is 16.5. The summed E-state index contributed by atoms with van der Waals surface area (Å²) >= 11 is 0. The second kappa shape index (κ2) is 12.0. The summed E-state index contributed by atoms with van der Waals surface area (Å²) in [5.74, 6) is -0.262. The highest BCUT2D eigenvalue weighted by molar-refractivity contribution is 5.96. The van der Waals surface area contributed by atoms with Crippen molar-refractivity contribution in [3.63, 3.8) is 0 Å². The van der Waals surface area contributed by atoms with Gasteiger partial charge in [0.2, 0.25) is 0 Å². The van der Waals surface area contributed by atoms with Gasteiger partial charge in [-0.25, -0.2) is 4.79 Å². The molecule has 10 heteroatoms. The number of ether oxygens (including phenoxy) is 3. The first-order valence-corrected chi connectivity index (χ1v) is 10.3. The quantitative estimate of drug-likeness (QED) is 0.186. The van der Waals surface area contributed by atoms with Gasteiger partial charge in [-0.2, -0.15) is 0 Å². The fraction of sp³-hybridized carbons (Fsp3) is 0.167. The van der Waals surface area contributed by atoms with Gasteiger partial charge in [-0.1, -0.05) is 24.3 Å². The predicted octanol–water partition coefficient (Wildman–Crippen LogP) is 4.24. The van der Waals surface area contributed by atoms with E-state index in [0.29, 0.717) is 30.3 Å². The van der Waals surface area contributed by atoms with Crippen molar-refractivity contribution in [2.24, 2.45) is 0 Å². The van der Waals surface area contributed by atoms with E-state index >= 15 is 0 Å². The number of amides is 1. The lowest BCUT2D eigenvalue weighted by atomic mass is 10.1. The number of nitro benzene ring substituents is 1. The molecule has 0 radical (unpaired) electrons. The Morgan fingerprint density at radius 2 is 1.74 bits per heavy atom. The highest BCUT2D eigenvalue weighted by atomic mass is 16.6. The van der Waals surface area contributed by atoms with Crippen molar-refractivity contribution in [2.75, 3.05) is 37.5 Å². The van der Waals surface area contributed by atoms with Crippen molar-refractivity contribution in [2.45, 2.75) is 0 Å². The third-order valence-corrected chi connectivity index (χ3v) is 4.48. The van der Waals surface area contributed by atoms with E-state index in [9.17, 15) is 19.7 Å². The van der Waals surface area contributed by atoms with Crippen molar-refractivity contribution in [3.05, 3.63) is 88.5 Å². The Hall–Kier alpha value is -4.44. The van der Waals surface area contributed by atoms with Gasteiger partial charge in [-0.3, -0.25) is 14.9 Å². The van der Waals surface area contributed by atoms with Crippen molar-refractivity contribution in [3.8, 4) is 11.5 Å². The number of carbonyl (C=O) groups excluding carboxylic acids is 2.